The average molecular weight is 521 g/mol. The summed E-state index contributed by atoms with van der Waals surface area (Å²) in [4.78, 5) is 23.3. The van der Waals surface area contributed by atoms with Gasteiger partial charge in [0.2, 0.25) is 0 Å². The first-order chi connectivity index (χ1) is 18.1. The number of halogens is 1. The van der Waals surface area contributed by atoms with Crippen LogP contribution in [-0.4, -0.2) is 26.0 Å². The van der Waals surface area contributed by atoms with Crippen LogP contribution in [0.2, 0.25) is 0 Å². The second-order valence-electron chi connectivity index (χ2n) is 10.5. The van der Waals surface area contributed by atoms with Crippen LogP contribution in [0.1, 0.15) is 63.1 Å². The van der Waals surface area contributed by atoms with Crippen LogP contribution in [0.5, 0.6) is 11.5 Å². The zero-order valence-electron chi connectivity index (χ0n) is 22.9. The van der Waals surface area contributed by atoms with Gasteiger partial charge >= 0.3 is 5.97 Å². The van der Waals surface area contributed by atoms with Crippen molar-refractivity contribution < 1.29 is 28.2 Å². The maximum absolute atomic E-state index is 14.8. The summed E-state index contributed by atoms with van der Waals surface area (Å²) in [5, 5.41) is 0. The van der Waals surface area contributed by atoms with Crippen molar-refractivity contribution in [3.63, 3.8) is 0 Å². The lowest BCUT2D eigenvalue weighted by atomic mass is 9.84. The van der Waals surface area contributed by atoms with Crippen molar-refractivity contribution in [2.45, 2.75) is 59.5 Å². The van der Waals surface area contributed by atoms with Gasteiger partial charge in [-0.2, -0.15) is 0 Å². The predicted molar refractivity (Wildman–Crippen MR) is 147 cm³/mol. The van der Waals surface area contributed by atoms with Crippen molar-refractivity contribution in [1.29, 1.82) is 0 Å². The highest BCUT2D eigenvalue weighted by molar-refractivity contribution is 5.72. The van der Waals surface area contributed by atoms with E-state index in [1.54, 1.807) is 26.2 Å². The van der Waals surface area contributed by atoms with Crippen LogP contribution in [0.4, 0.5) is 4.39 Å². The molecular weight excluding hydrogens is 483 g/mol. The summed E-state index contributed by atoms with van der Waals surface area (Å²) in [5.74, 6) is 0.401. The lowest BCUT2D eigenvalue weighted by Crippen LogP contribution is -2.11. The Morgan fingerprint density at radius 2 is 1.76 bits per heavy atom. The average Bonchev–Trinajstić information content (AvgIpc) is 2.87. The number of hydrogen-bond donors (Lipinski definition) is 0. The van der Waals surface area contributed by atoms with E-state index in [0.717, 1.165) is 35.0 Å². The quantitative estimate of drug-likeness (QED) is 0.185. The molecule has 0 bridgehead atoms. The lowest BCUT2D eigenvalue weighted by Gasteiger charge is -2.22. The van der Waals surface area contributed by atoms with Crippen molar-refractivity contribution in [3.8, 4) is 22.6 Å². The van der Waals surface area contributed by atoms with Gasteiger partial charge in [-0.15, -0.1) is 0 Å². The van der Waals surface area contributed by atoms with Crippen molar-refractivity contribution in [3.05, 3.63) is 83.2 Å². The molecule has 0 N–H and O–H groups in total. The molecule has 0 radical (unpaired) electrons. The Hall–Kier alpha value is -3.67. The summed E-state index contributed by atoms with van der Waals surface area (Å²) in [5.41, 5.74) is 4.07. The standard InChI is InChI=1S/C32H37FO5/c1-6-37-31(35)18-24(14-15-34)23-9-7-8-22(16-23)21-38-27-10-12-28(25(17-27)20-32(2,3)4)29-19-26(36-5)11-13-30(29)33/h7-13,15-17,19,24H,6,14,18,20-21H2,1-5H3. The number of ether oxygens (including phenoxy) is 3. The molecule has 1 unspecified atom stereocenters. The summed E-state index contributed by atoms with van der Waals surface area (Å²) in [6.45, 7) is 8.80. The van der Waals surface area contributed by atoms with E-state index in [9.17, 15) is 14.0 Å². The highest BCUT2D eigenvalue weighted by atomic mass is 19.1. The molecule has 5 nitrogen and oxygen atoms in total. The van der Waals surface area contributed by atoms with Gasteiger partial charge in [-0.25, -0.2) is 4.39 Å². The number of esters is 1. The Bertz CT molecular complexity index is 1240. The number of carbonyl (C=O) groups excluding carboxylic acids is 2. The minimum atomic E-state index is -0.319. The van der Waals surface area contributed by atoms with Crippen LogP contribution in [-0.2, 0) is 27.4 Å². The Morgan fingerprint density at radius 1 is 1.00 bits per heavy atom. The zero-order valence-corrected chi connectivity index (χ0v) is 22.9. The molecule has 1 atom stereocenters. The van der Waals surface area contributed by atoms with E-state index in [0.29, 0.717) is 30.3 Å². The monoisotopic (exact) mass is 520 g/mol. The first-order valence-corrected chi connectivity index (χ1v) is 12.9. The fourth-order valence-corrected chi connectivity index (χ4v) is 4.46. The number of aldehydes is 1. The normalized spacial score (nSPS) is 12.1. The molecule has 0 fully saturated rings. The molecular formula is C32H37FO5. The highest BCUT2D eigenvalue weighted by Crippen LogP contribution is 2.35. The van der Waals surface area contributed by atoms with E-state index in [1.807, 2.05) is 42.5 Å². The van der Waals surface area contributed by atoms with Gasteiger partial charge in [0, 0.05) is 17.9 Å². The highest BCUT2D eigenvalue weighted by Gasteiger charge is 2.19. The van der Waals surface area contributed by atoms with Crippen LogP contribution >= 0.6 is 0 Å². The molecule has 202 valence electrons. The van der Waals surface area contributed by atoms with Gasteiger partial charge in [0.25, 0.3) is 0 Å². The molecule has 0 saturated heterocycles. The summed E-state index contributed by atoms with van der Waals surface area (Å²) in [6, 6.07) is 18.2. The molecule has 3 rings (SSSR count). The molecule has 0 aliphatic rings. The molecule has 0 aromatic heterocycles. The predicted octanol–water partition coefficient (Wildman–Crippen LogP) is 7.29. The van der Waals surface area contributed by atoms with Gasteiger partial charge < -0.3 is 19.0 Å². The Kier molecular flexibility index (Phi) is 10.1. The maximum Gasteiger partial charge on any atom is 0.306 e. The third-order valence-electron chi connectivity index (χ3n) is 6.19. The second kappa shape index (κ2) is 13.2. The van der Waals surface area contributed by atoms with Gasteiger partial charge in [0.15, 0.2) is 0 Å². The van der Waals surface area contributed by atoms with Crippen LogP contribution in [0.15, 0.2) is 60.7 Å². The molecule has 0 heterocycles. The van der Waals surface area contributed by atoms with Gasteiger partial charge in [0.1, 0.15) is 30.2 Å². The first-order valence-electron chi connectivity index (χ1n) is 12.9. The van der Waals surface area contributed by atoms with Gasteiger partial charge in [0.05, 0.1) is 20.1 Å². The molecule has 0 amide bonds. The largest absolute Gasteiger partial charge is 0.497 e. The van der Waals surface area contributed by atoms with E-state index < -0.39 is 0 Å². The molecule has 6 heteroatoms. The smallest absolute Gasteiger partial charge is 0.306 e. The molecule has 0 spiro atoms. The van der Waals surface area contributed by atoms with Crippen LogP contribution < -0.4 is 9.47 Å². The molecule has 0 aliphatic heterocycles. The second-order valence-corrected chi connectivity index (χ2v) is 10.5. The van der Waals surface area contributed by atoms with Crippen molar-refractivity contribution in [2.75, 3.05) is 13.7 Å². The SMILES string of the molecule is CCOC(=O)CC(CC=O)c1cccc(COc2ccc(-c3cc(OC)ccc3F)c(CC(C)(C)C)c2)c1. The molecule has 3 aromatic rings. The molecule has 38 heavy (non-hydrogen) atoms. The van der Waals surface area contributed by atoms with Crippen LogP contribution in [0.3, 0.4) is 0 Å². The van der Waals surface area contributed by atoms with E-state index in [-0.39, 0.29) is 36.0 Å². The van der Waals surface area contributed by atoms with E-state index >= 15 is 0 Å². The van der Waals surface area contributed by atoms with E-state index in [1.165, 1.54) is 6.07 Å². The topological polar surface area (TPSA) is 61.8 Å². The molecule has 3 aromatic carbocycles. The van der Waals surface area contributed by atoms with E-state index in [4.69, 9.17) is 14.2 Å². The Morgan fingerprint density at radius 3 is 2.45 bits per heavy atom. The minimum Gasteiger partial charge on any atom is -0.497 e. The zero-order chi connectivity index (χ0) is 27.7. The molecule has 0 saturated carbocycles. The molecule has 0 aliphatic carbocycles. The maximum atomic E-state index is 14.8. The van der Waals surface area contributed by atoms with Crippen LogP contribution in [0, 0.1) is 11.2 Å². The number of carbonyl (C=O) groups is 2. The summed E-state index contributed by atoms with van der Waals surface area (Å²) >= 11 is 0. The minimum absolute atomic E-state index is 0.0242. The van der Waals surface area contributed by atoms with Crippen molar-refractivity contribution >= 4 is 12.3 Å². The van der Waals surface area contributed by atoms with E-state index in [2.05, 4.69) is 20.8 Å². The summed E-state index contributed by atoms with van der Waals surface area (Å²) in [7, 11) is 1.57. The third kappa shape index (κ3) is 8.17. The van der Waals surface area contributed by atoms with Crippen molar-refractivity contribution in [1.82, 2.24) is 0 Å². The number of rotatable bonds is 12. The Labute approximate surface area is 224 Å². The fraction of sp³-hybridized carbons (Fsp3) is 0.375. The summed E-state index contributed by atoms with van der Waals surface area (Å²) < 4.78 is 31.4. The van der Waals surface area contributed by atoms with Gasteiger partial charge in [-0.3, -0.25) is 4.79 Å². The van der Waals surface area contributed by atoms with Gasteiger partial charge in [-0.1, -0.05) is 51.1 Å². The number of benzene rings is 3. The summed E-state index contributed by atoms with van der Waals surface area (Å²) in [6.07, 6.45) is 1.94. The van der Waals surface area contributed by atoms with Gasteiger partial charge in [-0.05, 0) is 71.3 Å². The van der Waals surface area contributed by atoms with Crippen molar-refractivity contribution in [2.24, 2.45) is 5.41 Å². The Balaban J connectivity index is 1.84. The fourth-order valence-electron chi connectivity index (χ4n) is 4.46. The lowest BCUT2D eigenvalue weighted by molar-refractivity contribution is -0.143. The number of hydrogen-bond acceptors (Lipinski definition) is 5. The number of methoxy groups -OCH3 is 1. The third-order valence-corrected chi connectivity index (χ3v) is 6.19. The first kappa shape index (κ1) is 28.9. The van der Waals surface area contributed by atoms with Crippen LogP contribution in [0.25, 0.3) is 11.1 Å².